The number of nitrogens with one attached hydrogen (secondary N) is 1. The fraction of sp³-hybridized carbons (Fsp3) is 0.785. The number of hydrogen-bond donors (Lipinski definition) is 6. The molecule has 6 N–H and O–H groups in total. The minimum atomic E-state index is -1.58. The van der Waals surface area contributed by atoms with E-state index in [1.165, 1.54) is 141 Å². The molecular formula is C65H115NO10. The van der Waals surface area contributed by atoms with Crippen molar-refractivity contribution < 1.29 is 49.3 Å². The highest BCUT2D eigenvalue weighted by Gasteiger charge is 2.44. The number of aliphatic hydroxyl groups is 5. The van der Waals surface area contributed by atoms with Crippen molar-refractivity contribution in [2.24, 2.45) is 0 Å². The monoisotopic (exact) mass is 1070 g/mol. The Balaban J connectivity index is 2.01. The number of hydrogen-bond acceptors (Lipinski definition) is 10. The van der Waals surface area contributed by atoms with Crippen molar-refractivity contribution in [3.05, 3.63) is 72.9 Å². The van der Waals surface area contributed by atoms with Crippen LogP contribution >= 0.6 is 0 Å². The van der Waals surface area contributed by atoms with Gasteiger partial charge in [0, 0.05) is 12.8 Å². The summed E-state index contributed by atoms with van der Waals surface area (Å²) < 4.78 is 16.7. The first-order valence-electron chi connectivity index (χ1n) is 31.2. The lowest BCUT2D eigenvalue weighted by atomic mass is 9.99. The molecule has 440 valence electrons. The van der Waals surface area contributed by atoms with Gasteiger partial charge in [-0.1, -0.05) is 215 Å². The highest BCUT2D eigenvalue weighted by Crippen LogP contribution is 2.23. The van der Waals surface area contributed by atoms with Crippen molar-refractivity contribution in [1.82, 2.24) is 5.32 Å². The van der Waals surface area contributed by atoms with Crippen LogP contribution in [-0.2, 0) is 23.8 Å². The summed E-state index contributed by atoms with van der Waals surface area (Å²) in [4.78, 5) is 25.1. The van der Waals surface area contributed by atoms with Gasteiger partial charge in [0.2, 0.25) is 5.91 Å². The van der Waals surface area contributed by atoms with Gasteiger partial charge in [0.1, 0.15) is 24.4 Å². The van der Waals surface area contributed by atoms with Crippen LogP contribution < -0.4 is 5.32 Å². The van der Waals surface area contributed by atoms with Gasteiger partial charge in [-0.05, 0) is 110 Å². The van der Waals surface area contributed by atoms with Crippen LogP contribution in [-0.4, -0.2) is 100 Å². The number of esters is 1. The summed E-state index contributed by atoms with van der Waals surface area (Å²) >= 11 is 0. The van der Waals surface area contributed by atoms with Crippen LogP contribution in [0.1, 0.15) is 264 Å². The largest absolute Gasteiger partial charge is 0.466 e. The maximum Gasteiger partial charge on any atom is 0.305 e. The van der Waals surface area contributed by atoms with Crippen molar-refractivity contribution in [1.29, 1.82) is 0 Å². The zero-order valence-corrected chi connectivity index (χ0v) is 48.4. The molecule has 1 aliphatic rings. The molecule has 1 saturated heterocycles. The first-order valence-corrected chi connectivity index (χ1v) is 31.2. The van der Waals surface area contributed by atoms with Crippen LogP contribution in [0.5, 0.6) is 0 Å². The molecule has 7 unspecified atom stereocenters. The van der Waals surface area contributed by atoms with E-state index in [1.807, 2.05) is 19.1 Å². The normalized spacial score (nSPS) is 19.2. The maximum atomic E-state index is 13.0. The number of allylic oxidation sites excluding steroid dienone is 11. The molecule has 11 nitrogen and oxygen atoms in total. The molecule has 0 aromatic rings. The lowest BCUT2D eigenvalue weighted by Gasteiger charge is -2.40. The molecule has 0 saturated carbocycles. The van der Waals surface area contributed by atoms with Crippen molar-refractivity contribution in [3.8, 4) is 0 Å². The quantitative estimate of drug-likeness (QED) is 0.0195. The van der Waals surface area contributed by atoms with Crippen molar-refractivity contribution >= 4 is 11.9 Å². The van der Waals surface area contributed by atoms with E-state index in [-0.39, 0.29) is 18.5 Å². The molecule has 11 heteroatoms. The Kier molecular flexibility index (Phi) is 50.6. The highest BCUT2D eigenvalue weighted by atomic mass is 16.7. The molecule has 1 amide bonds. The van der Waals surface area contributed by atoms with E-state index in [0.717, 1.165) is 89.9 Å². The summed E-state index contributed by atoms with van der Waals surface area (Å²) in [5.74, 6) is -0.225. The number of ether oxygens (including phenoxy) is 3. The Labute approximate surface area is 464 Å². The summed E-state index contributed by atoms with van der Waals surface area (Å²) in [7, 11) is 0. The average Bonchev–Trinajstić information content (AvgIpc) is 3.42. The predicted molar refractivity (Wildman–Crippen MR) is 315 cm³/mol. The maximum absolute atomic E-state index is 13.0. The number of unbranched alkanes of at least 4 members (excludes halogenated alkanes) is 30. The van der Waals surface area contributed by atoms with E-state index in [4.69, 9.17) is 14.2 Å². The van der Waals surface area contributed by atoms with Crippen molar-refractivity contribution in [2.75, 3.05) is 19.8 Å². The lowest BCUT2D eigenvalue weighted by Crippen LogP contribution is -2.60. The van der Waals surface area contributed by atoms with Gasteiger partial charge in [0.15, 0.2) is 6.29 Å². The molecule has 1 rings (SSSR count). The van der Waals surface area contributed by atoms with Crippen LogP contribution in [0.25, 0.3) is 0 Å². The van der Waals surface area contributed by atoms with Crippen LogP contribution in [0.2, 0.25) is 0 Å². The summed E-state index contributed by atoms with van der Waals surface area (Å²) in [6, 6.07) is -0.843. The molecule has 0 aliphatic carbocycles. The van der Waals surface area contributed by atoms with Crippen LogP contribution in [0.3, 0.4) is 0 Å². The molecule has 0 radical (unpaired) electrons. The molecule has 0 bridgehead atoms. The van der Waals surface area contributed by atoms with Crippen LogP contribution in [0, 0.1) is 0 Å². The van der Waals surface area contributed by atoms with Crippen LogP contribution in [0.15, 0.2) is 72.9 Å². The number of amides is 1. The van der Waals surface area contributed by atoms with Gasteiger partial charge in [-0.2, -0.15) is 0 Å². The van der Waals surface area contributed by atoms with Gasteiger partial charge in [0.25, 0.3) is 0 Å². The van der Waals surface area contributed by atoms with E-state index in [1.54, 1.807) is 6.08 Å². The fourth-order valence-electron chi connectivity index (χ4n) is 9.38. The van der Waals surface area contributed by atoms with Gasteiger partial charge in [0.05, 0.1) is 32.0 Å². The lowest BCUT2D eigenvalue weighted by molar-refractivity contribution is -0.302. The van der Waals surface area contributed by atoms with Gasteiger partial charge in [-0.25, -0.2) is 0 Å². The molecule has 1 fully saturated rings. The smallest absolute Gasteiger partial charge is 0.305 e. The van der Waals surface area contributed by atoms with E-state index >= 15 is 0 Å². The standard InChI is InChI=1S/C65H115NO10/c1-3-5-7-9-11-13-14-15-16-27-30-33-37-41-45-49-53-61(70)74-54-50-46-42-38-34-31-28-25-23-21-19-17-18-20-22-24-26-29-32-36-40-44-48-52-60(69)66-57(58(68)51-47-43-39-35-12-10-8-6-4-2)56-75-65-64(73)63(72)62(71)59(55-67)76-65/h4,6,12,16-17,19-20,22,27,35,47,51,57-59,62-65,67-68,71-73H,3,5,7-11,13-15,18,21,23-26,28-34,36-46,48-50,52-56H2,1-2H3,(H,66,69)/b6-4+,19-17-,22-20-,27-16-,35-12+,51-47+. The molecule has 7 atom stereocenters. The average molecular weight is 1070 g/mol. The Morgan fingerprint density at radius 1 is 0.513 bits per heavy atom. The van der Waals surface area contributed by atoms with Crippen LogP contribution in [0.4, 0.5) is 0 Å². The van der Waals surface area contributed by atoms with E-state index in [0.29, 0.717) is 25.9 Å². The zero-order valence-electron chi connectivity index (χ0n) is 48.4. The Bertz CT molecular complexity index is 1490. The highest BCUT2D eigenvalue weighted by molar-refractivity contribution is 5.76. The second-order valence-electron chi connectivity index (χ2n) is 21.4. The third-order valence-electron chi connectivity index (χ3n) is 14.3. The molecule has 76 heavy (non-hydrogen) atoms. The second kappa shape index (κ2) is 54.1. The molecule has 0 aromatic heterocycles. The summed E-state index contributed by atoms with van der Waals surface area (Å²) in [6.45, 7) is 4.06. The van der Waals surface area contributed by atoms with Gasteiger partial charge < -0.3 is 45.1 Å². The Morgan fingerprint density at radius 2 is 0.947 bits per heavy atom. The van der Waals surface area contributed by atoms with Gasteiger partial charge in [-0.15, -0.1) is 0 Å². The molecular weight excluding hydrogens is 955 g/mol. The topological polar surface area (TPSA) is 175 Å². The Hall–Kier alpha value is -2.90. The summed E-state index contributed by atoms with van der Waals surface area (Å²) in [5.41, 5.74) is 0. The summed E-state index contributed by atoms with van der Waals surface area (Å²) in [6.07, 6.45) is 61.8. The Morgan fingerprint density at radius 3 is 1.46 bits per heavy atom. The number of rotatable bonds is 53. The third-order valence-corrected chi connectivity index (χ3v) is 14.3. The minimum Gasteiger partial charge on any atom is -0.466 e. The van der Waals surface area contributed by atoms with Gasteiger partial charge in [-0.3, -0.25) is 9.59 Å². The molecule has 1 aliphatic heterocycles. The first kappa shape index (κ1) is 71.1. The van der Waals surface area contributed by atoms with E-state index in [2.05, 4.69) is 66.9 Å². The number of carbonyl (C=O) groups is 2. The molecule has 0 spiro atoms. The number of aliphatic hydroxyl groups excluding tert-OH is 5. The second-order valence-corrected chi connectivity index (χ2v) is 21.4. The fourth-order valence-corrected chi connectivity index (χ4v) is 9.38. The minimum absolute atomic E-state index is 0.0139. The van der Waals surface area contributed by atoms with Gasteiger partial charge >= 0.3 is 5.97 Å². The van der Waals surface area contributed by atoms with Crippen molar-refractivity contribution in [3.63, 3.8) is 0 Å². The molecule has 0 aromatic carbocycles. The number of carbonyl (C=O) groups excluding carboxylic acids is 2. The molecule has 1 heterocycles. The zero-order chi connectivity index (χ0) is 55.2. The third kappa shape index (κ3) is 43.0. The first-order chi connectivity index (χ1) is 37.2. The van der Waals surface area contributed by atoms with E-state index < -0.39 is 49.5 Å². The SMILES string of the molecule is C/C=C/CC/C=C/CC/C=C/C(O)C(COC1OC(CO)C(O)C(O)C1O)NC(=O)CCCCCCCCC/C=C\C/C=C\CCCCCCCCCCCOC(=O)CCCCCCC/C=C\CCCCCCCCC. The summed E-state index contributed by atoms with van der Waals surface area (Å²) in [5, 5.41) is 54.1. The van der Waals surface area contributed by atoms with Crippen molar-refractivity contribution in [2.45, 2.75) is 307 Å². The predicted octanol–water partition coefficient (Wildman–Crippen LogP) is 14.8. The van der Waals surface area contributed by atoms with E-state index in [9.17, 15) is 35.1 Å².